The minimum absolute atomic E-state index is 0.00403. The second-order valence-electron chi connectivity index (χ2n) is 2.82. The highest BCUT2D eigenvalue weighted by Gasteiger charge is 2.15. The van der Waals surface area contributed by atoms with E-state index in [0.29, 0.717) is 5.56 Å². The summed E-state index contributed by atoms with van der Waals surface area (Å²) in [6.45, 7) is 1.66. The molecule has 0 bridgehead atoms. The molecule has 4 heteroatoms. The van der Waals surface area contributed by atoms with E-state index in [1.807, 2.05) is 0 Å². The molecule has 1 aromatic rings. The average molecular weight is 210 g/mol. The van der Waals surface area contributed by atoms with Gasteiger partial charge in [0.2, 0.25) is 0 Å². The molecule has 3 nitrogen and oxygen atoms in total. The van der Waals surface area contributed by atoms with Crippen LogP contribution in [-0.4, -0.2) is 16.8 Å². The molecule has 1 aromatic carbocycles. The van der Waals surface area contributed by atoms with Gasteiger partial charge in [0, 0.05) is 5.56 Å². The minimum Gasteiger partial charge on any atom is -0.506 e. The standard InChI is InChI=1S/C10H8ClNO2/c1-6-2-3-7(9(13)4-11)8(5-12)10(6)14/h2-3,14H,4H2,1H3. The number of rotatable bonds is 2. The van der Waals surface area contributed by atoms with Crippen LogP contribution in [0.2, 0.25) is 0 Å². The Morgan fingerprint density at radius 2 is 2.29 bits per heavy atom. The van der Waals surface area contributed by atoms with Crippen LogP contribution in [-0.2, 0) is 0 Å². The van der Waals surface area contributed by atoms with Crippen molar-refractivity contribution in [1.29, 1.82) is 5.26 Å². The lowest BCUT2D eigenvalue weighted by Gasteiger charge is -2.05. The van der Waals surface area contributed by atoms with Crippen molar-refractivity contribution >= 4 is 17.4 Å². The van der Waals surface area contributed by atoms with Gasteiger partial charge in [-0.15, -0.1) is 11.6 Å². The van der Waals surface area contributed by atoms with Crippen LogP contribution >= 0.6 is 11.6 Å². The number of aryl methyl sites for hydroxylation is 1. The Labute approximate surface area is 86.5 Å². The molecule has 0 aliphatic rings. The molecule has 0 aliphatic heterocycles. The molecule has 0 aromatic heterocycles. The van der Waals surface area contributed by atoms with E-state index in [4.69, 9.17) is 16.9 Å². The summed E-state index contributed by atoms with van der Waals surface area (Å²) in [5.41, 5.74) is 0.730. The topological polar surface area (TPSA) is 61.1 Å². The number of hydrogen-bond acceptors (Lipinski definition) is 3. The van der Waals surface area contributed by atoms with Crippen LogP contribution in [0.15, 0.2) is 12.1 Å². The fourth-order valence-corrected chi connectivity index (χ4v) is 1.26. The summed E-state index contributed by atoms with van der Waals surface area (Å²) >= 11 is 5.37. The summed E-state index contributed by atoms with van der Waals surface area (Å²) < 4.78 is 0. The first-order chi connectivity index (χ1) is 6.61. The first-order valence-corrected chi connectivity index (χ1v) is 4.47. The summed E-state index contributed by atoms with van der Waals surface area (Å²) in [6.07, 6.45) is 0. The van der Waals surface area contributed by atoms with Crippen LogP contribution in [0.1, 0.15) is 21.5 Å². The van der Waals surface area contributed by atoms with Crippen molar-refractivity contribution in [3.8, 4) is 11.8 Å². The number of nitrogens with zero attached hydrogens (tertiary/aromatic N) is 1. The predicted molar refractivity (Wildman–Crippen MR) is 52.6 cm³/mol. The summed E-state index contributed by atoms with van der Waals surface area (Å²) in [5, 5.41) is 18.3. The molecule has 0 heterocycles. The molecule has 0 amide bonds. The SMILES string of the molecule is Cc1ccc(C(=O)CCl)c(C#N)c1O. The van der Waals surface area contributed by atoms with Crippen LogP contribution in [0.4, 0.5) is 0 Å². The van der Waals surface area contributed by atoms with Crippen molar-refractivity contribution < 1.29 is 9.90 Å². The molecule has 0 atom stereocenters. The first-order valence-electron chi connectivity index (χ1n) is 3.93. The Hall–Kier alpha value is -1.53. The van der Waals surface area contributed by atoms with E-state index >= 15 is 0 Å². The normalized spacial score (nSPS) is 9.50. The first kappa shape index (κ1) is 10.6. The number of phenolic OH excluding ortho intramolecular Hbond substituents is 1. The highest BCUT2D eigenvalue weighted by Crippen LogP contribution is 2.25. The van der Waals surface area contributed by atoms with Crippen molar-refractivity contribution in [3.05, 3.63) is 28.8 Å². The smallest absolute Gasteiger partial charge is 0.179 e. The number of hydrogen-bond donors (Lipinski definition) is 1. The van der Waals surface area contributed by atoms with E-state index in [1.54, 1.807) is 19.1 Å². The van der Waals surface area contributed by atoms with Gasteiger partial charge in [-0.25, -0.2) is 0 Å². The van der Waals surface area contributed by atoms with E-state index in [1.165, 1.54) is 6.07 Å². The molecule has 1 rings (SSSR count). The maximum atomic E-state index is 11.3. The summed E-state index contributed by atoms with van der Waals surface area (Å²) in [4.78, 5) is 11.3. The van der Waals surface area contributed by atoms with Crippen LogP contribution in [0.25, 0.3) is 0 Å². The lowest BCUT2D eigenvalue weighted by Crippen LogP contribution is -2.03. The highest BCUT2D eigenvalue weighted by molar-refractivity contribution is 6.30. The molecule has 0 saturated heterocycles. The Morgan fingerprint density at radius 3 is 2.79 bits per heavy atom. The van der Waals surface area contributed by atoms with Crippen LogP contribution in [0.3, 0.4) is 0 Å². The molecule has 14 heavy (non-hydrogen) atoms. The number of phenols is 1. The third-order valence-corrected chi connectivity index (χ3v) is 2.16. The van der Waals surface area contributed by atoms with Gasteiger partial charge in [0.25, 0.3) is 0 Å². The van der Waals surface area contributed by atoms with Gasteiger partial charge in [0.05, 0.1) is 5.88 Å². The number of ketones is 1. The molecule has 0 spiro atoms. The Morgan fingerprint density at radius 1 is 1.64 bits per heavy atom. The largest absolute Gasteiger partial charge is 0.506 e. The van der Waals surface area contributed by atoms with Crippen LogP contribution in [0, 0.1) is 18.3 Å². The minimum atomic E-state index is -0.362. The monoisotopic (exact) mass is 209 g/mol. The van der Waals surface area contributed by atoms with E-state index in [-0.39, 0.29) is 28.5 Å². The summed E-state index contributed by atoms with van der Waals surface area (Å²) in [6, 6.07) is 4.87. The third-order valence-electron chi connectivity index (χ3n) is 1.91. The highest BCUT2D eigenvalue weighted by atomic mass is 35.5. The van der Waals surface area contributed by atoms with Gasteiger partial charge in [-0.1, -0.05) is 6.07 Å². The lowest BCUT2D eigenvalue weighted by atomic mass is 10.0. The van der Waals surface area contributed by atoms with Gasteiger partial charge in [-0.3, -0.25) is 4.79 Å². The Bertz CT molecular complexity index is 421. The fourth-order valence-electron chi connectivity index (χ4n) is 1.11. The number of carbonyl (C=O) groups is 1. The zero-order valence-corrected chi connectivity index (χ0v) is 8.30. The second kappa shape index (κ2) is 4.12. The van der Waals surface area contributed by atoms with E-state index in [0.717, 1.165) is 0 Å². The number of Topliss-reactive ketones (excluding diaryl/α,β-unsaturated/α-hetero) is 1. The molecule has 72 valence electrons. The number of halogens is 1. The van der Waals surface area contributed by atoms with Gasteiger partial charge < -0.3 is 5.11 Å². The van der Waals surface area contributed by atoms with E-state index in [2.05, 4.69) is 0 Å². The van der Waals surface area contributed by atoms with Gasteiger partial charge in [-0.05, 0) is 18.6 Å². The molecular formula is C10H8ClNO2. The van der Waals surface area contributed by atoms with Crippen molar-refractivity contribution in [1.82, 2.24) is 0 Å². The van der Waals surface area contributed by atoms with Crippen molar-refractivity contribution in [2.75, 3.05) is 5.88 Å². The molecule has 0 saturated carbocycles. The third kappa shape index (κ3) is 1.70. The van der Waals surface area contributed by atoms with E-state index in [9.17, 15) is 9.90 Å². The maximum Gasteiger partial charge on any atom is 0.179 e. The zero-order valence-electron chi connectivity index (χ0n) is 7.54. The number of alkyl halides is 1. The molecule has 1 N–H and O–H groups in total. The predicted octanol–water partition coefficient (Wildman–Crippen LogP) is 1.99. The number of carbonyl (C=O) groups excluding carboxylic acids is 1. The number of benzene rings is 1. The van der Waals surface area contributed by atoms with Gasteiger partial charge in [0.15, 0.2) is 5.78 Å². The average Bonchev–Trinajstić information content (AvgIpc) is 2.20. The molecular weight excluding hydrogens is 202 g/mol. The molecule has 0 aliphatic carbocycles. The Balaban J connectivity index is 3.40. The van der Waals surface area contributed by atoms with Gasteiger partial charge >= 0.3 is 0 Å². The summed E-state index contributed by atoms with van der Waals surface area (Å²) in [5.74, 6) is -0.709. The van der Waals surface area contributed by atoms with Gasteiger partial charge in [0.1, 0.15) is 17.4 Å². The van der Waals surface area contributed by atoms with Crippen molar-refractivity contribution in [3.63, 3.8) is 0 Å². The summed E-state index contributed by atoms with van der Waals surface area (Å²) in [7, 11) is 0. The van der Waals surface area contributed by atoms with Crippen LogP contribution in [0.5, 0.6) is 5.75 Å². The number of nitriles is 1. The van der Waals surface area contributed by atoms with Crippen molar-refractivity contribution in [2.45, 2.75) is 6.92 Å². The number of aromatic hydroxyl groups is 1. The molecule has 0 unspecified atom stereocenters. The fraction of sp³-hybridized carbons (Fsp3) is 0.200. The second-order valence-corrected chi connectivity index (χ2v) is 3.09. The zero-order chi connectivity index (χ0) is 10.7. The van der Waals surface area contributed by atoms with Crippen molar-refractivity contribution in [2.24, 2.45) is 0 Å². The lowest BCUT2D eigenvalue weighted by molar-refractivity contribution is 0.102. The molecule has 0 radical (unpaired) electrons. The quantitative estimate of drug-likeness (QED) is 0.599. The molecule has 0 fully saturated rings. The Kier molecular flexibility index (Phi) is 3.10. The van der Waals surface area contributed by atoms with Crippen LogP contribution < -0.4 is 0 Å². The van der Waals surface area contributed by atoms with Gasteiger partial charge in [-0.2, -0.15) is 5.26 Å². The maximum absolute atomic E-state index is 11.3. The van der Waals surface area contributed by atoms with E-state index < -0.39 is 0 Å².